The van der Waals surface area contributed by atoms with Crippen molar-refractivity contribution in [2.75, 3.05) is 23.7 Å². The highest BCUT2D eigenvalue weighted by Gasteiger charge is 2.30. The molecule has 0 bridgehead atoms. The van der Waals surface area contributed by atoms with Crippen molar-refractivity contribution in [2.45, 2.75) is 45.7 Å². The van der Waals surface area contributed by atoms with E-state index < -0.39 is 16.1 Å². The Bertz CT molecular complexity index is 1370. The molecule has 0 aromatic heterocycles. The molecule has 9 heteroatoms. The fraction of sp³-hybridized carbons (Fsp3) is 0.333. The summed E-state index contributed by atoms with van der Waals surface area (Å²) in [5, 5.41) is 3.38. The van der Waals surface area contributed by atoms with E-state index in [2.05, 4.69) is 5.32 Å². The molecule has 0 saturated carbocycles. The van der Waals surface area contributed by atoms with Crippen molar-refractivity contribution in [1.29, 1.82) is 0 Å². The van der Waals surface area contributed by atoms with Gasteiger partial charge >= 0.3 is 0 Å². The van der Waals surface area contributed by atoms with Crippen LogP contribution in [0.4, 0.5) is 5.69 Å². The maximum Gasteiger partial charge on any atom is 0.243 e. The topological polar surface area (TPSA) is 86.8 Å². The van der Waals surface area contributed by atoms with Gasteiger partial charge < -0.3 is 10.2 Å². The second-order valence-corrected chi connectivity index (χ2v) is 11.8. The first-order chi connectivity index (χ1) is 18.6. The van der Waals surface area contributed by atoms with Crippen molar-refractivity contribution >= 4 is 39.1 Å². The summed E-state index contributed by atoms with van der Waals surface area (Å²) >= 11 is 6.44. The minimum atomic E-state index is -3.56. The highest BCUT2D eigenvalue weighted by Crippen LogP contribution is 2.23. The van der Waals surface area contributed by atoms with E-state index in [0.717, 1.165) is 22.9 Å². The number of amides is 2. The van der Waals surface area contributed by atoms with Crippen LogP contribution < -0.4 is 9.62 Å². The largest absolute Gasteiger partial charge is 0.355 e. The molecule has 1 N–H and O–H groups in total. The number of hydrogen-bond acceptors (Lipinski definition) is 4. The number of anilines is 1. The van der Waals surface area contributed by atoms with Crippen LogP contribution in [0.25, 0.3) is 0 Å². The second kappa shape index (κ2) is 14.1. The van der Waals surface area contributed by atoms with E-state index in [4.69, 9.17) is 11.6 Å². The SMILES string of the molecule is CCNC(=O)[C@H](Cc1ccccc1)N(Cc1ccccc1Cl)C(=O)CCCN(c1cccc(C)c1)S(C)(=O)=O. The molecule has 7 nitrogen and oxygen atoms in total. The number of sulfonamides is 1. The summed E-state index contributed by atoms with van der Waals surface area (Å²) in [6, 6.07) is 23.3. The van der Waals surface area contributed by atoms with Crippen molar-refractivity contribution in [2.24, 2.45) is 0 Å². The van der Waals surface area contributed by atoms with Crippen molar-refractivity contribution in [3.8, 4) is 0 Å². The van der Waals surface area contributed by atoms with Crippen LogP contribution >= 0.6 is 11.6 Å². The second-order valence-electron chi connectivity index (χ2n) is 9.49. The van der Waals surface area contributed by atoms with E-state index in [9.17, 15) is 18.0 Å². The molecule has 0 aliphatic carbocycles. The Morgan fingerprint density at radius 2 is 1.67 bits per heavy atom. The maximum atomic E-state index is 13.8. The Hall–Kier alpha value is -3.36. The number of nitrogens with one attached hydrogen (secondary N) is 1. The van der Waals surface area contributed by atoms with Crippen LogP contribution in [0, 0.1) is 6.92 Å². The van der Waals surface area contributed by atoms with E-state index in [-0.39, 0.29) is 37.7 Å². The van der Waals surface area contributed by atoms with Gasteiger partial charge in [0.1, 0.15) is 6.04 Å². The number of aryl methyl sites for hydroxylation is 1. The molecule has 1 atom stereocenters. The molecule has 3 rings (SSSR count). The lowest BCUT2D eigenvalue weighted by Crippen LogP contribution is -2.50. The first kappa shape index (κ1) is 30.2. The van der Waals surface area contributed by atoms with E-state index >= 15 is 0 Å². The van der Waals surface area contributed by atoms with Crippen LogP contribution in [0.3, 0.4) is 0 Å². The van der Waals surface area contributed by atoms with Crippen LogP contribution in [-0.2, 0) is 32.6 Å². The fourth-order valence-corrected chi connectivity index (χ4v) is 5.60. The van der Waals surface area contributed by atoms with E-state index in [0.29, 0.717) is 23.7 Å². The molecule has 208 valence electrons. The molecular formula is C30H36ClN3O4S. The zero-order chi connectivity index (χ0) is 28.4. The number of nitrogens with zero attached hydrogens (tertiary/aromatic N) is 2. The number of benzene rings is 3. The smallest absolute Gasteiger partial charge is 0.243 e. The van der Waals surface area contributed by atoms with Gasteiger partial charge in [-0.1, -0.05) is 72.3 Å². The van der Waals surface area contributed by atoms with Crippen LogP contribution in [0.5, 0.6) is 0 Å². The van der Waals surface area contributed by atoms with Gasteiger partial charge in [-0.05, 0) is 55.2 Å². The number of hydrogen-bond donors (Lipinski definition) is 1. The Morgan fingerprint density at radius 1 is 0.974 bits per heavy atom. The summed E-state index contributed by atoms with van der Waals surface area (Å²) in [6.45, 7) is 4.45. The summed E-state index contributed by atoms with van der Waals surface area (Å²) in [4.78, 5) is 28.6. The van der Waals surface area contributed by atoms with Gasteiger partial charge in [0.05, 0.1) is 11.9 Å². The third kappa shape index (κ3) is 8.83. The highest BCUT2D eigenvalue weighted by atomic mass is 35.5. The zero-order valence-corrected chi connectivity index (χ0v) is 24.2. The van der Waals surface area contributed by atoms with Gasteiger partial charge in [0.2, 0.25) is 21.8 Å². The third-order valence-electron chi connectivity index (χ3n) is 6.36. The summed E-state index contributed by atoms with van der Waals surface area (Å²) in [7, 11) is -3.56. The van der Waals surface area contributed by atoms with Gasteiger partial charge in [-0.15, -0.1) is 0 Å². The average molecular weight is 570 g/mol. The van der Waals surface area contributed by atoms with Gasteiger partial charge in [-0.2, -0.15) is 0 Å². The number of carbonyl (C=O) groups is 2. The lowest BCUT2D eigenvalue weighted by molar-refractivity contribution is -0.141. The minimum Gasteiger partial charge on any atom is -0.355 e. The first-order valence-corrected chi connectivity index (χ1v) is 15.2. The molecule has 3 aromatic rings. The molecular weight excluding hydrogens is 534 g/mol. The maximum absolute atomic E-state index is 13.8. The average Bonchev–Trinajstić information content (AvgIpc) is 2.89. The summed E-state index contributed by atoms with van der Waals surface area (Å²) in [5.74, 6) is -0.501. The molecule has 2 amide bonds. The summed E-state index contributed by atoms with van der Waals surface area (Å²) < 4.78 is 26.5. The molecule has 0 aliphatic heterocycles. The number of carbonyl (C=O) groups excluding carboxylic acids is 2. The Morgan fingerprint density at radius 3 is 2.31 bits per heavy atom. The summed E-state index contributed by atoms with van der Waals surface area (Å²) in [5.41, 5.74) is 3.15. The van der Waals surface area contributed by atoms with Gasteiger partial charge in [0, 0.05) is 37.5 Å². The predicted molar refractivity (Wildman–Crippen MR) is 157 cm³/mol. The first-order valence-electron chi connectivity index (χ1n) is 13.0. The standard InChI is InChI=1S/C30H36ClN3O4S/c1-4-32-30(36)28(21-24-13-6-5-7-14-24)33(22-25-15-8-9-17-27(25)31)29(35)18-11-19-34(39(3,37)38)26-16-10-12-23(2)20-26/h5-10,12-17,20,28H,4,11,18-19,21-22H2,1-3H3,(H,32,36)/t28-/m0/s1. The quantitative estimate of drug-likeness (QED) is 0.315. The number of rotatable bonds is 13. The Balaban J connectivity index is 1.87. The van der Waals surface area contributed by atoms with E-state index in [1.807, 2.05) is 68.4 Å². The van der Waals surface area contributed by atoms with Crippen molar-refractivity contribution in [3.63, 3.8) is 0 Å². The van der Waals surface area contributed by atoms with Crippen LogP contribution in [0.1, 0.15) is 36.5 Å². The van der Waals surface area contributed by atoms with Gasteiger partial charge in [0.15, 0.2) is 0 Å². The minimum absolute atomic E-state index is 0.0625. The van der Waals surface area contributed by atoms with Gasteiger partial charge in [-0.3, -0.25) is 13.9 Å². The van der Waals surface area contributed by atoms with Crippen LogP contribution in [-0.4, -0.2) is 50.5 Å². The predicted octanol–water partition coefficient (Wildman–Crippen LogP) is 4.97. The monoisotopic (exact) mass is 569 g/mol. The molecule has 3 aromatic carbocycles. The molecule has 0 unspecified atom stereocenters. The molecule has 0 spiro atoms. The van der Waals surface area contributed by atoms with Gasteiger partial charge in [0.25, 0.3) is 0 Å². The highest BCUT2D eigenvalue weighted by molar-refractivity contribution is 7.92. The van der Waals surface area contributed by atoms with Gasteiger partial charge in [-0.25, -0.2) is 8.42 Å². The van der Waals surface area contributed by atoms with E-state index in [1.165, 1.54) is 4.31 Å². The lowest BCUT2D eigenvalue weighted by atomic mass is 10.0. The number of likely N-dealkylation sites (N-methyl/N-ethyl adjacent to an activating group) is 1. The third-order valence-corrected chi connectivity index (χ3v) is 7.93. The van der Waals surface area contributed by atoms with Crippen molar-refractivity contribution in [1.82, 2.24) is 10.2 Å². The molecule has 0 radical (unpaired) electrons. The molecule has 0 heterocycles. The lowest BCUT2D eigenvalue weighted by Gasteiger charge is -2.32. The zero-order valence-electron chi connectivity index (χ0n) is 22.6. The normalized spacial score (nSPS) is 12.0. The molecule has 0 aliphatic rings. The number of halogens is 1. The molecule has 39 heavy (non-hydrogen) atoms. The summed E-state index contributed by atoms with van der Waals surface area (Å²) in [6.07, 6.45) is 1.84. The van der Waals surface area contributed by atoms with Crippen LogP contribution in [0.15, 0.2) is 78.9 Å². The van der Waals surface area contributed by atoms with E-state index in [1.54, 1.807) is 29.2 Å². The van der Waals surface area contributed by atoms with Crippen LogP contribution in [0.2, 0.25) is 5.02 Å². The Labute approximate surface area is 236 Å². The van der Waals surface area contributed by atoms with Crippen molar-refractivity contribution in [3.05, 3.63) is 101 Å². The molecule has 0 fully saturated rings. The Kier molecular flexibility index (Phi) is 10.9. The molecule has 0 saturated heterocycles. The van der Waals surface area contributed by atoms with Crippen molar-refractivity contribution < 1.29 is 18.0 Å². The fourth-order valence-electron chi connectivity index (χ4n) is 4.44.